The molecule has 0 bridgehead atoms. The second-order valence-corrected chi connectivity index (χ2v) is 9.26. The van der Waals surface area contributed by atoms with Crippen molar-refractivity contribution in [2.75, 3.05) is 11.4 Å². The Bertz CT molecular complexity index is 1110. The van der Waals surface area contributed by atoms with Gasteiger partial charge in [-0.2, -0.15) is 0 Å². The maximum atomic E-state index is 11.1. The van der Waals surface area contributed by atoms with Crippen molar-refractivity contribution in [1.29, 1.82) is 0 Å². The first-order chi connectivity index (χ1) is 14.1. The molecular weight excluding hydrogens is 406 g/mol. The molecule has 3 heterocycles. The summed E-state index contributed by atoms with van der Waals surface area (Å²) in [6, 6.07) is 9.85. The molecule has 3 aromatic rings. The van der Waals surface area contributed by atoms with Crippen LogP contribution in [0.1, 0.15) is 35.2 Å². The molecule has 2 aromatic heterocycles. The van der Waals surface area contributed by atoms with E-state index in [2.05, 4.69) is 4.90 Å². The van der Waals surface area contributed by atoms with Gasteiger partial charge in [-0.25, -0.2) is 9.97 Å². The maximum absolute atomic E-state index is 11.1. The number of hydrogen-bond donors (Lipinski definition) is 1. The number of anilines is 2. The molecule has 1 aliphatic heterocycles. The number of aryl methyl sites for hydroxylation is 1. The third-order valence-electron chi connectivity index (χ3n) is 5.61. The van der Waals surface area contributed by atoms with Crippen molar-refractivity contribution in [3.8, 4) is 10.7 Å². The molecule has 0 radical (unpaired) electrons. The number of hydrogen-bond acceptors (Lipinski definition) is 5. The molecule has 7 heteroatoms. The molecule has 0 unspecified atom stereocenters. The van der Waals surface area contributed by atoms with Gasteiger partial charge in [0.15, 0.2) is 5.82 Å². The van der Waals surface area contributed by atoms with E-state index in [4.69, 9.17) is 26.7 Å². The Morgan fingerprint density at radius 1 is 1.14 bits per heavy atom. The van der Waals surface area contributed by atoms with E-state index >= 15 is 0 Å². The van der Waals surface area contributed by atoms with Crippen molar-refractivity contribution < 1.29 is 9.90 Å². The fourth-order valence-electron chi connectivity index (χ4n) is 4.30. The van der Waals surface area contributed by atoms with E-state index in [9.17, 15) is 4.79 Å². The fraction of sp³-hybridized carbons (Fsp3) is 0.318. The van der Waals surface area contributed by atoms with Gasteiger partial charge in [0, 0.05) is 23.5 Å². The predicted molar refractivity (Wildman–Crippen MR) is 115 cm³/mol. The zero-order valence-electron chi connectivity index (χ0n) is 15.8. The Labute approximate surface area is 178 Å². The zero-order valence-corrected chi connectivity index (χ0v) is 17.4. The number of carboxylic acid groups (broad SMARTS) is 1. The largest absolute Gasteiger partial charge is 0.481 e. The highest BCUT2D eigenvalue weighted by Crippen LogP contribution is 2.40. The van der Waals surface area contributed by atoms with Crippen molar-refractivity contribution >= 4 is 40.4 Å². The standard InChI is InChI=1S/C22H20ClN3O2S/c23-19-8-7-18(29-19)21-24-16-4-2-1-3-15(16)22(25-21)26-10-9-14-11-13(12-20(27)28)5-6-17(14)26/h5-8,11H,1-4,9-10,12H2,(H,27,28). The van der Waals surface area contributed by atoms with E-state index in [1.54, 1.807) is 0 Å². The first-order valence-corrected chi connectivity index (χ1v) is 11.0. The van der Waals surface area contributed by atoms with Gasteiger partial charge in [-0.15, -0.1) is 11.3 Å². The summed E-state index contributed by atoms with van der Waals surface area (Å²) in [6.45, 7) is 0.847. The number of rotatable bonds is 4. The van der Waals surface area contributed by atoms with E-state index in [-0.39, 0.29) is 6.42 Å². The van der Waals surface area contributed by atoms with Crippen LogP contribution in [-0.4, -0.2) is 27.6 Å². The molecule has 0 saturated heterocycles. The summed E-state index contributed by atoms with van der Waals surface area (Å²) in [4.78, 5) is 24.2. The summed E-state index contributed by atoms with van der Waals surface area (Å²) < 4.78 is 0.736. The van der Waals surface area contributed by atoms with E-state index < -0.39 is 5.97 Å². The van der Waals surface area contributed by atoms with Crippen LogP contribution in [0.5, 0.6) is 0 Å². The minimum atomic E-state index is -0.802. The van der Waals surface area contributed by atoms with Crippen LogP contribution in [0.25, 0.3) is 10.7 Å². The highest BCUT2D eigenvalue weighted by Gasteiger charge is 2.28. The normalized spacial score (nSPS) is 15.3. The van der Waals surface area contributed by atoms with E-state index in [1.165, 1.54) is 22.5 Å². The van der Waals surface area contributed by atoms with Crippen LogP contribution >= 0.6 is 22.9 Å². The summed E-state index contributed by atoms with van der Waals surface area (Å²) in [6.07, 6.45) is 5.24. The average molecular weight is 426 g/mol. The van der Waals surface area contributed by atoms with Gasteiger partial charge in [0.25, 0.3) is 0 Å². The van der Waals surface area contributed by atoms with Crippen molar-refractivity contribution in [1.82, 2.24) is 9.97 Å². The van der Waals surface area contributed by atoms with E-state index in [1.807, 2.05) is 30.3 Å². The Morgan fingerprint density at radius 3 is 2.79 bits per heavy atom. The summed E-state index contributed by atoms with van der Waals surface area (Å²) in [7, 11) is 0. The minimum absolute atomic E-state index is 0.0550. The molecule has 1 N–H and O–H groups in total. The van der Waals surface area contributed by atoms with Crippen LogP contribution in [0, 0.1) is 0 Å². The maximum Gasteiger partial charge on any atom is 0.307 e. The molecule has 29 heavy (non-hydrogen) atoms. The van der Waals surface area contributed by atoms with Gasteiger partial charge in [-0.05, 0) is 61.4 Å². The minimum Gasteiger partial charge on any atom is -0.481 e. The predicted octanol–water partition coefficient (Wildman–Crippen LogP) is 5.06. The lowest BCUT2D eigenvalue weighted by Gasteiger charge is -2.26. The summed E-state index contributed by atoms with van der Waals surface area (Å²) >= 11 is 7.65. The van der Waals surface area contributed by atoms with Crippen molar-refractivity contribution in [3.63, 3.8) is 0 Å². The van der Waals surface area contributed by atoms with Gasteiger partial charge in [0.2, 0.25) is 0 Å². The van der Waals surface area contributed by atoms with Gasteiger partial charge in [-0.1, -0.05) is 23.7 Å². The first-order valence-electron chi connectivity index (χ1n) is 9.85. The molecule has 0 atom stereocenters. The van der Waals surface area contributed by atoms with Crippen LogP contribution in [0.15, 0.2) is 30.3 Å². The number of benzene rings is 1. The van der Waals surface area contributed by atoms with E-state index in [0.717, 1.165) is 76.4 Å². The molecule has 5 rings (SSSR count). The quantitative estimate of drug-likeness (QED) is 0.632. The third kappa shape index (κ3) is 3.51. The van der Waals surface area contributed by atoms with Gasteiger partial charge in [0.1, 0.15) is 5.82 Å². The number of carboxylic acids is 1. The van der Waals surface area contributed by atoms with Crippen molar-refractivity contribution in [2.45, 2.75) is 38.5 Å². The zero-order chi connectivity index (χ0) is 20.0. The topological polar surface area (TPSA) is 66.3 Å². The Kier molecular flexibility index (Phi) is 4.76. The SMILES string of the molecule is O=C(O)Cc1ccc2c(c1)CCN2c1nc(-c2ccc(Cl)s2)nc2c1CCCC2. The Morgan fingerprint density at radius 2 is 2.00 bits per heavy atom. The van der Waals surface area contributed by atoms with Crippen LogP contribution in [0.3, 0.4) is 0 Å². The lowest BCUT2D eigenvalue weighted by atomic mass is 9.96. The third-order valence-corrected chi connectivity index (χ3v) is 6.83. The number of aromatic nitrogens is 2. The average Bonchev–Trinajstić information content (AvgIpc) is 3.32. The lowest BCUT2D eigenvalue weighted by Crippen LogP contribution is -2.20. The highest BCUT2D eigenvalue weighted by atomic mass is 35.5. The summed E-state index contributed by atoms with van der Waals surface area (Å²) in [5.41, 5.74) is 5.56. The second-order valence-electron chi connectivity index (χ2n) is 7.54. The molecular formula is C22H20ClN3O2S. The molecule has 1 aromatic carbocycles. The molecule has 0 spiro atoms. The number of aliphatic carboxylic acids is 1. The first kappa shape index (κ1) is 18.6. The highest BCUT2D eigenvalue weighted by molar-refractivity contribution is 7.19. The summed E-state index contributed by atoms with van der Waals surface area (Å²) in [5, 5.41) is 9.08. The number of fused-ring (bicyclic) bond motifs is 2. The Hall–Kier alpha value is -2.44. The molecule has 0 saturated carbocycles. The van der Waals surface area contributed by atoms with E-state index in [0.29, 0.717) is 0 Å². The fourth-order valence-corrected chi connectivity index (χ4v) is 5.28. The van der Waals surface area contributed by atoms with Gasteiger partial charge in [0.05, 0.1) is 15.6 Å². The molecule has 0 amide bonds. The molecule has 1 aliphatic carbocycles. The number of nitrogens with zero attached hydrogens (tertiary/aromatic N) is 3. The van der Waals surface area contributed by atoms with Crippen LogP contribution in [0.2, 0.25) is 4.34 Å². The lowest BCUT2D eigenvalue weighted by molar-refractivity contribution is -0.136. The van der Waals surface area contributed by atoms with Crippen LogP contribution in [-0.2, 0) is 30.5 Å². The number of halogens is 1. The number of thiophene rings is 1. The molecule has 148 valence electrons. The molecule has 2 aliphatic rings. The van der Waals surface area contributed by atoms with Crippen LogP contribution in [0.4, 0.5) is 11.5 Å². The summed E-state index contributed by atoms with van der Waals surface area (Å²) in [5.74, 6) is 0.941. The van der Waals surface area contributed by atoms with Gasteiger partial charge in [-0.3, -0.25) is 4.79 Å². The number of carbonyl (C=O) groups is 1. The second kappa shape index (κ2) is 7.43. The van der Waals surface area contributed by atoms with Crippen molar-refractivity contribution in [3.05, 3.63) is 57.1 Å². The monoisotopic (exact) mass is 425 g/mol. The molecule has 5 nitrogen and oxygen atoms in total. The molecule has 0 fully saturated rings. The van der Waals surface area contributed by atoms with Gasteiger partial charge < -0.3 is 10.0 Å². The smallest absolute Gasteiger partial charge is 0.307 e. The van der Waals surface area contributed by atoms with Crippen LogP contribution < -0.4 is 4.90 Å². The van der Waals surface area contributed by atoms with Gasteiger partial charge >= 0.3 is 5.97 Å². The Balaban J connectivity index is 1.59. The van der Waals surface area contributed by atoms with Crippen molar-refractivity contribution in [2.24, 2.45) is 0 Å².